The first-order chi connectivity index (χ1) is 17.5. The number of benzene rings is 1. The van der Waals surface area contributed by atoms with Crippen LogP contribution in [0.1, 0.15) is 64.5 Å². The highest BCUT2D eigenvalue weighted by molar-refractivity contribution is 5.84. The molecule has 1 aromatic carbocycles. The van der Waals surface area contributed by atoms with Crippen LogP contribution < -0.4 is 10.6 Å². The maximum absolute atomic E-state index is 12.9. The largest absolute Gasteiger partial charge is 0.395 e. The van der Waals surface area contributed by atoms with Crippen molar-refractivity contribution >= 4 is 17.0 Å². The zero-order valence-corrected chi connectivity index (χ0v) is 23.1. The number of aliphatic hydroxyl groups is 1. The van der Waals surface area contributed by atoms with Crippen LogP contribution in [0.2, 0.25) is 0 Å². The van der Waals surface area contributed by atoms with E-state index in [1.165, 1.54) is 10.1 Å². The van der Waals surface area contributed by atoms with Crippen molar-refractivity contribution in [2.75, 3.05) is 24.6 Å². The van der Waals surface area contributed by atoms with Crippen LogP contribution in [0.3, 0.4) is 0 Å². The average Bonchev–Trinajstić information content (AvgIpc) is 3.25. The van der Waals surface area contributed by atoms with Gasteiger partial charge in [0.05, 0.1) is 19.1 Å². The number of aromatic nitrogens is 4. The molecule has 9 nitrogen and oxygen atoms in total. The van der Waals surface area contributed by atoms with Gasteiger partial charge in [0.25, 0.3) is 0 Å². The van der Waals surface area contributed by atoms with E-state index in [1.54, 1.807) is 7.05 Å². The Labute approximate surface area is 219 Å². The number of hydrogen-bond donors (Lipinski definition) is 1. The Morgan fingerprint density at radius 2 is 1.95 bits per heavy atom. The topological polar surface area (TPSA) is 103 Å². The third kappa shape index (κ3) is 4.76. The van der Waals surface area contributed by atoms with E-state index in [0.717, 1.165) is 12.1 Å². The summed E-state index contributed by atoms with van der Waals surface area (Å²) in [5.41, 5.74) is 3.12. The number of piperazine rings is 1. The lowest BCUT2D eigenvalue weighted by molar-refractivity contribution is 0.119. The number of nitriles is 1. The summed E-state index contributed by atoms with van der Waals surface area (Å²) in [5, 5.41) is 19.2. The molecular formula is C28H39N7O2. The van der Waals surface area contributed by atoms with Gasteiger partial charge in [-0.2, -0.15) is 10.2 Å². The summed E-state index contributed by atoms with van der Waals surface area (Å²) in [6, 6.07) is 11.2. The Kier molecular flexibility index (Phi) is 7.45. The molecule has 1 aliphatic rings. The molecule has 4 rings (SSSR count). The van der Waals surface area contributed by atoms with Crippen molar-refractivity contribution in [3.63, 3.8) is 0 Å². The monoisotopic (exact) mass is 505 g/mol. The fourth-order valence-corrected chi connectivity index (χ4v) is 5.52. The van der Waals surface area contributed by atoms with E-state index in [-0.39, 0.29) is 42.3 Å². The van der Waals surface area contributed by atoms with Crippen LogP contribution in [-0.2, 0) is 25.4 Å². The summed E-state index contributed by atoms with van der Waals surface area (Å²) in [5.74, 6) is 1.26. The van der Waals surface area contributed by atoms with Crippen LogP contribution in [0.15, 0.2) is 29.1 Å². The van der Waals surface area contributed by atoms with Gasteiger partial charge in [0.2, 0.25) is 0 Å². The van der Waals surface area contributed by atoms with E-state index in [2.05, 4.69) is 79.7 Å². The maximum Gasteiger partial charge on any atom is 0.350 e. The molecule has 1 fully saturated rings. The third-order valence-electron chi connectivity index (χ3n) is 7.94. The smallest absolute Gasteiger partial charge is 0.350 e. The zero-order chi connectivity index (χ0) is 27.1. The van der Waals surface area contributed by atoms with Crippen molar-refractivity contribution in [1.29, 1.82) is 5.26 Å². The molecule has 0 bridgehead atoms. The predicted octanol–water partition coefficient (Wildman–Crippen LogP) is 3.15. The van der Waals surface area contributed by atoms with E-state index < -0.39 is 0 Å². The van der Waals surface area contributed by atoms with Crippen LogP contribution in [-0.4, -0.2) is 60.9 Å². The molecule has 37 heavy (non-hydrogen) atoms. The van der Waals surface area contributed by atoms with Gasteiger partial charge < -0.3 is 14.6 Å². The van der Waals surface area contributed by atoms with Crippen molar-refractivity contribution in [3.8, 4) is 6.07 Å². The van der Waals surface area contributed by atoms with Gasteiger partial charge in [-0.05, 0) is 38.8 Å². The second-order valence-corrected chi connectivity index (χ2v) is 10.9. The molecule has 0 spiro atoms. The summed E-state index contributed by atoms with van der Waals surface area (Å²) >= 11 is 0. The van der Waals surface area contributed by atoms with Crippen molar-refractivity contribution in [3.05, 3.63) is 51.7 Å². The lowest BCUT2D eigenvalue weighted by atomic mass is 9.84. The molecule has 1 unspecified atom stereocenters. The fourth-order valence-electron chi connectivity index (χ4n) is 5.52. The molecule has 198 valence electrons. The first kappa shape index (κ1) is 26.8. The van der Waals surface area contributed by atoms with E-state index >= 15 is 0 Å². The Bertz CT molecular complexity index is 1380. The number of aliphatic hydroxyl groups excluding tert-OH is 1. The maximum atomic E-state index is 12.9. The predicted molar refractivity (Wildman–Crippen MR) is 146 cm³/mol. The molecule has 9 heteroatoms. The molecule has 3 heterocycles. The first-order valence-corrected chi connectivity index (χ1v) is 13.1. The molecule has 1 N–H and O–H groups in total. The standard InChI is InChI=1S/C28H39N7O2/c1-8-33-23(12-13-29)30-24-25(31-27(37)32(7)26(24)33)35-16-18(2)34(15-19(35)3)20(4)21-10-9-11-22(14-21)28(5,6)17-36/h9-11,14,18-20,36H,8,12,15-17H2,1-7H3/t18-,19+,20?/m1/s1. The molecule has 3 aromatic rings. The average molecular weight is 506 g/mol. The molecule has 3 atom stereocenters. The lowest BCUT2D eigenvalue weighted by Gasteiger charge is -2.47. The van der Waals surface area contributed by atoms with Gasteiger partial charge in [0, 0.05) is 50.2 Å². The number of aryl methyl sites for hydroxylation is 2. The molecule has 1 saturated heterocycles. The number of fused-ring (bicyclic) bond motifs is 1. The highest BCUT2D eigenvalue weighted by atomic mass is 16.3. The SMILES string of the molecule is CCn1c(CC#N)nc2c(N3C[C@@H](C)N(C(C)c4cccc(C(C)(C)CO)c4)C[C@@H]3C)nc(=O)n(C)c21. The molecule has 0 radical (unpaired) electrons. The number of hydrogen-bond acceptors (Lipinski definition) is 7. The first-order valence-electron chi connectivity index (χ1n) is 13.1. The molecule has 1 aliphatic heterocycles. The number of rotatable bonds is 7. The van der Waals surface area contributed by atoms with E-state index in [4.69, 9.17) is 4.98 Å². The van der Waals surface area contributed by atoms with Gasteiger partial charge in [-0.1, -0.05) is 38.1 Å². The van der Waals surface area contributed by atoms with Crippen LogP contribution in [0.4, 0.5) is 5.82 Å². The minimum absolute atomic E-state index is 0.0961. The van der Waals surface area contributed by atoms with E-state index in [9.17, 15) is 15.2 Å². The number of imidazole rings is 1. The third-order valence-corrected chi connectivity index (χ3v) is 7.94. The fraction of sp³-hybridized carbons (Fsp3) is 0.571. The van der Waals surface area contributed by atoms with Gasteiger partial charge in [-0.3, -0.25) is 9.47 Å². The number of nitrogens with zero attached hydrogens (tertiary/aromatic N) is 7. The Hall–Kier alpha value is -3.22. The van der Waals surface area contributed by atoms with Crippen LogP contribution in [0.5, 0.6) is 0 Å². The Balaban J connectivity index is 1.68. The Morgan fingerprint density at radius 3 is 2.59 bits per heavy atom. The van der Waals surface area contributed by atoms with E-state index in [1.807, 2.05) is 11.5 Å². The van der Waals surface area contributed by atoms with Gasteiger partial charge in [-0.25, -0.2) is 9.78 Å². The lowest BCUT2D eigenvalue weighted by Crippen LogP contribution is -2.57. The van der Waals surface area contributed by atoms with Gasteiger partial charge in [-0.15, -0.1) is 0 Å². The summed E-state index contributed by atoms with van der Waals surface area (Å²) < 4.78 is 3.47. The van der Waals surface area contributed by atoms with Crippen molar-refractivity contribution < 1.29 is 5.11 Å². The van der Waals surface area contributed by atoms with Crippen LogP contribution >= 0.6 is 0 Å². The number of anilines is 1. The van der Waals surface area contributed by atoms with E-state index in [0.29, 0.717) is 35.9 Å². The summed E-state index contributed by atoms with van der Waals surface area (Å²) in [7, 11) is 1.71. The second kappa shape index (κ2) is 10.3. The second-order valence-electron chi connectivity index (χ2n) is 10.9. The molecule has 0 aliphatic carbocycles. The van der Waals surface area contributed by atoms with Crippen LogP contribution in [0.25, 0.3) is 11.2 Å². The molecule has 0 saturated carbocycles. The van der Waals surface area contributed by atoms with Crippen molar-refractivity contribution in [1.82, 2.24) is 24.0 Å². The summed E-state index contributed by atoms with van der Waals surface area (Å²) in [4.78, 5) is 26.9. The molecule has 0 amide bonds. The van der Waals surface area contributed by atoms with Crippen molar-refractivity contribution in [2.24, 2.45) is 7.05 Å². The normalized spacial score (nSPS) is 19.8. The van der Waals surface area contributed by atoms with Gasteiger partial charge >= 0.3 is 5.69 Å². The van der Waals surface area contributed by atoms with Gasteiger partial charge in [0.15, 0.2) is 5.82 Å². The quantitative estimate of drug-likeness (QED) is 0.526. The minimum atomic E-state index is -0.320. The molecular weight excluding hydrogens is 466 g/mol. The molecule has 2 aromatic heterocycles. The highest BCUT2D eigenvalue weighted by Crippen LogP contribution is 2.33. The van der Waals surface area contributed by atoms with Crippen molar-refractivity contribution in [2.45, 2.75) is 78.0 Å². The summed E-state index contributed by atoms with van der Waals surface area (Å²) in [6.45, 7) is 14.9. The zero-order valence-electron chi connectivity index (χ0n) is 23.1. The minimum Gasteiger partial charge on any atom is -0.395 e. The van der Waals surface area contributed by atoms with Crippen LogP contribution in [0, 0.1) is 11.3 Å². The summed E-state index contributed by atoms with van der Waals surface area (Å²) in [6.07, 6.45) is 0.180. The van der Waals surface area contributed by atoms with Gasteiger partial charge in [0.1, 0.15) is 17.0 Å². The Morgan fingerprint density at radius 1 is 1.22 bits per heavy atom. The highest BCUT2D eigenvalue weighted by Gasteiger charge is 2.35.